The van der Waals surface area contributed by atoms with Crippen molar-refractivity contribution in [3.05, 3.63) is 52.8 Å². The number of nitrogen functional groups attached to an aromatic ring is 1. The lowest BCUT2D eigenvalue weighted by atomic mass is 10.0. The number of rotatable bonds is 2. The number of nitrogens with two attached hydrogens (primary N) is 1. The Balaban J connectivity index is 2.21. The van der Waals surface area contributed by atoms with Gasteiger partial charge in [-0.05, 0) is 36.8 Å². The summed E-state index contributed by atoms with van der Waals surface area (Å²) < 4.78 is 6.41. The molecule has 4 nitrogen and oxygen atoms in total. The van der Waals surface area contributed by atoms with Gasteiger partial charge in [-0.2, -0.15) is 0 Å². The minimum absolute atomic E-state index is 0.366. The topological polar surface area (TPSA) is 64.9 Å². The van der Waals surface area contributed by atoms with Gasteiger partial charge in [0.2, 0.25) is 0 Å². The van der Waals surface area contributed by atoms with Gasteiger partial charge in [0.1, 0.15) is 0 Å². The third kappa shape index (κ3) is 2.32. The Morgan fingerprint density at radius 2 is 2.05 bits per heavy atom. The summed E-state index contributed by atoms with van der Waals surface area (Å²) >= 11 is 3.49. The molecule has 2 heterocycles. The van der Waals surface area contributed by atoms with E-state index in [1.54, 1.807) is 12.4 Å². The molecule has 3 aromatic rings. The number of nitrogens with zero attached hydrogens (tertiary/aromatic N) is 2. The SMILES string of the molecule is Cc1cc(Br)cc(-c2onc(N)c2-c2cccnc2)c1. The lowest BCUT2D eigenvalue weighted by molar-refractivity contribution is 0.436. The first-order valence-electron chi connectivity index (χ1n) is 6.08. The van der Waals surface area contributed by atoms with Crippen LogP contribution in [0.15, 0.2) is 51.7 Å². The van der Waals surface area contributed by atoms with Crippen LogP contribution in [0.5, 0.6) is 0 Å². The molecule has 2 aromatic heterocycles. The van der Waals surface area contributed by atoms with Crippen LogP contribution in [0, 0.1) is 6.92 Å². The van der Waals surface area contributed by atoms with Crippen molar-refractivity contribution >= 4 is 21.7 Å². The largest absolute Gasteiger partial charge is 0.380 e. The Bertz CT molecular complexity index is 733. The first kappa shape index (κ1) is 12.9. The van der Waals surface area contributed by atoms with Crippen molar-refractivity contribution in [1.29, 1.82) is 0 Å². The molecule has 0 aliphatic rings. The molecule has 0 saturated carbocycles. The van der Waals surface area contributed by atoms with Gasteiger partial charge in [0.05, 0.1) is 5.56 Å². The van der Waals surface area contributed by atoms with Gasteiger partial charge in [0, 0.05) is 28.0 Å². The number of benzene rings is 1. The summed E-state index contributed by atoms with van der Waals surface area (Å²) in [6.45, 7) is 2.03. The maximum Gasteiger partial charge on any atom is 0.177 e. The summed E-state index contributed by atoms with van der Waals surface area (Å²) in [6.07, 6.45) is 3.47. The Labute approximate surface area is 124 Å². The average molecular weight is 330 g/mol. The maximum atomic E-state index is 5.94. The van der Waals surface area contributed by atoms with Crippen LogP contribution in [-0.2, 0) is 0 Å². The van der Waals surface area contributed by atoms with E-state index in [1.165, 1.54) is 0 Å². The van der Waals surface area contributed by atoms with Crippen LogP contribution in [0.2, 0.25) is 0 Å². The highest BCUT2D eigenvalue weighted by Gasteiger charge is 2.18. The average Bonchev–Trinajstić information content (AvgIpc) is 2.80. The van der Waals surface area contributed by atoms with Crippen LogP contribution < -0.4 is 5.73 Å². The fraction of sp³-hybridized carbons (Fsp3) is 0.0667. The van der Waals surface area contributed by atoms with Crippen molar-refractivity contribution in [1.82, 2.24) is 10.1 Å². The Hall–Kier alpha value is -2.14. The molecule has 5 heteroatoms. The molecule has 0 saturated heterocycles. The van der Waals surface area contributed by atoms with Gasteiger partial charge in [0.15, 0.2) is 11.6 Å². The fourth-order valence-corrected chi connectivity index (χ4v) is 2.76. The molecule has 0 bridgehead atoms. The van der Waals surface area contributed by atoms with Gasteiger partial charge in [0.25, 0.3) is 0 Å². The lowest BCUT2D eigenvalue weighted by Crippen LogP contribution is -1.89. The first-order valence-corrected chi connectivity index (χ1v) is 6.87. The maximum absolute atomic E-state index is 5.94. The van der Waals surface area contributed by atoms with E-state index in [2.05, 4.69) is 26.1 Å². The molecule has 0 aliphatic heterocycles. The summed E-state index contributed by atoms with van der Waals surface area (Å²) in [5.41, 5.74) is 9.66. The van der Waals surface area contributed by atoms with Crippen LogP contribution in [0.25, 0.3) is 22.5 Å². The zero-order valence-electron chi connectivity index (χ0n) is 10.8. The molecule has 0 amide bonds. The highest BCUT2D eigenvalue weighted by atomic mass is 79.9. The lowest BCUT2D eigenvalue weighted by Gasteiger charge is -2.04. The van der Waals surface area contributed by atoms with Gasteiger partial charge in [-0.3, -0.25) is 4.98 Å². The molecule has 2 N–H and O–H groups in total. The molecule has 0 spiro atoms. The van der Waals surface area contributed by atoms with E-state index < -0.39 is 0 Å². The molecule has 20 heavy (non-hydrogen) atoms. The summed E-state index contributed by atoms with van der Waals surface area (Å²) in [5, 5.41) is 3.89. The van der Waals surface area contributed by atoms with E-state index in [1.807, 2.05) is 37.3 Å². The minimum atomic E-state index is 0.366. The van der Waals surface area contributed by atoms with E-state index in [9.17, 15) is 0 Å². The number of aromatic nitrogens is 2. The van der Waals surface area contributed by atoms with Crippen LogP contribution in [0.3, 0.4) is 0 Å². The Kier molecular flexibility index (Phi) is 3.28. The van der Waals surface area contributed by atoms with Crippen LogP contribution in [0.4, 0.5) is 5.82 Å². The Morgan fingerprint density at radius 1 is 1.20 bits per heavy atom. The van der Waals surface area contributed by atoms with Crippen LogP contribution in [0.1, 0.15) is 5.56 Å². The number of hydrogen-bond acceptors (Lipinski definition) is 4. The summed E-state index contributed by atoms with van der Waals surface area (Å²) in [6, 6.07) is 9.84. The van der Waals surface area contributed by atoms with Crippen molar-refractivity contribution < 1.29 is 4.52 Å². The van der Waals surface area contributed by atoms with Crippen molar-refractivity contribution in [2.75, 3.05) is 5.73 Å². The first-order chi connectivity index (χ1) is 9.65. The quantitative estimate of drug-likeness (QED) is 0.770. The third-order valence-corrected chi connectivity index (χ3v) is 3.43. The molecule has 0 atom stereocenters. The molecule has 0 radical (unpaired) electrons. The van der Waals surface area contributed by atoms with Crippen LogP contribution in [-0.4, -0.2) is 10.1 Å². The second-order valence-electron chi connectivity index (χ2n) is 4.53. The summed E-state index contributed by atoms with van der Waals surface area (Å²) in [7, 11) is 0. The van der Waals surface area contributed by atoms with Crippen molar-refractivity contribution in [2.45, 2.75) is 6.92 Å². The normalized spacial score (nSPS) is 10.7. The molecular formula is C15H12BrN3O. The smallest absolute Gasteiger partial charge is 0.177 e. The monoisotopic (exact) mass is 329 g/mol. The molecule has 0 unspecified atom stereocenters. The highest BCUT2D eigenvalue weighted by molar-refractivity contribution is 9.10. The van der Waals surface area contributed by atoms with Gasteiger partial charge in [-0.15, -0.1) is 0 Å². The van der Waals surface area contributed by atoms with Crippen molar-refractivity contribution in [3.8, 4) is 22.5 Å². The molecule has 100 valence electrons. The van der Waals surface area contributed by atoms with Crippen LogP contribution >= 0.6 is 15.9 Å². The number of anilines is 1. The van der Waals surface area contributed by atoms with Gasteiger partial charge >= 0.3 is 0 Å². The molecular weight excluding hydrogens is 318 g/mol. The zero-order chi connectivity index (χ0) is 14.1. The second kappa shape index (κ2) is 5.09. The highest BCUT2D eigenvalue weighted by Crippen LogP contribution is 2.37. The van der Waals surface area contributed by atoms with E-state index in [0.717, 1.165) is 26.7 Å². The predicted molar refractivity (Wildman–Crippen MR) is 82.0 cm³/mol. The van der Waals surface area contributed by atoms with Gasteiger partial charge in [-0.25, -0.2) is 0 Å². The molecule has 0 aliphatic carbocycles. The van der Waals surface area contributed by atoms with Crippen molar-refractivity contribution in [3.63, 3.8) is 0 Å². The fourth-order valence-electron chi connectivity index (χ4n) is 2.16. The third-order valence-electron chi connectivity index (χ3n) is 2.97. The van der Waals surface area contributed by atoms with Crippen molar-refractivity contribution in [2.24, 2.45) is 0 Å². The molecule has 0 fully saturated rings. The van der Waals surface area contributed by atoms with E-state index >= 15 is 0 Å². The van der Waals surface area contributed by atoms with Gasteiger partial charge < -0.3 is 10.3 Å². The number of aryl methyl sites for hydroxylation is 1. The number of pyridine rings is 1. The standard InChI is InChI=1S/C15H12BrN3O/c1-9-5-11(7-12(16)6-9)14-13(15(17)19-20-14)10-3-2-4-18-8-10/h2-8H,1H3,(H2,17,19). The summed E-state index contributed by atoms with van der Waals surface area (Å²) in [4.78, 5) is 4.12. The number of hydrogen-bond donors (Lipinski definition) is 1. The van der Waals surface area contributed by atoms with E-state index in [4.69, 9.17) is 10.3 Å². The van der Waals surface area contributed by atoms with E-state index in [0.29, 0.717) is 11.6 Å². The zero-order valence-corrected chi connectivity index (χ0v) is 12.4. The predicted octanol–water partition coefficient (Wildman–Crippen LogP) is 4.06. The Morgan fingerprint density at radius 3 is 2.75 bits per heavy atom. The van der Waals surface area contributed by atoms with E-state index in [-0.39, 0.29) is 0 Å². The van der Waals surface area contributed by atoms with Gasteiger partial charge in [-0.1, -0.05) is 27.2 Å². The second-order valence-corrected chi connectivity index (χ2v) is 5.45. The molecule has 3 rings (SSSR count). The molecule has 1 aromatic carbocycles. The summed E-state index contributed by atoms with van der Waals surface area (Å²) in [5.74, 6) is 1.02. The number of halogens is 1. The minimum Gasteiger partial charge on any atom is -0.380 e.